The minimum atomic E-state index is -1.16. The van der Waals surface area contributed by atoms with E-state index < -0.39 is 39.4 Å². The van der Waals surface area contributed by atoms with E-state index in [9.17, 15) is 24.5 Å². The number of nitro benzene ring substituents is 1. The number of imide groups is 1. The predicted molar refractivity (Wildman–Crippen MR) is 143 cm³/mol. The predicted octanol–water partition coefficient (Wildman–Crippen LogP) is 5.70. The normalized spacial score (nSPS) is 27.8. The van der Waals surface area contributed by atoms with Gasteiger partial charge >= 0.3 is 0 Å². The van der Waals surface area contributed by atoms with Gasteiger partial charge in [-0.2, -0.15) is 0 Å². The molecule has 1 aliphatic heterocycles. The van der Waals surface area contributed by atoms with Crippen LogP contribution in [0.5, 0.6) is 0 Å². The van der Waals surface area contributed by atoms with Crippen molar-refractivity contribution in [3.8, 4) is 0 Å². The number of nitrogens with zero attached hydrogens (tertiary/aromatic N) is 2. The molecule has 3 aromatic carbocycles. The van der Waals surface area contributed by atoms with Crippen molar-refractivity contribution in [1.29, 1.82) is 0 Å². The quantitative estimate of drug-likeness (QED) is 0.243. The molecule has 7 nitrogen and oxygen atoms in total. The number of Topliss-reactive ketones (excluding diaryl/α,β-unsaturated/α-hetero) is 1. The highest BCUT2D eigenvalue weighted by Crippen LogP contribution is 2.75. The molecule has 0 unspecified atom stereocenters. The minimum absolute atomic E-state index is 0.0484. The highest BCUT2D eigenvalue weighted by atomic mass is 16.6. The van der Waals surface area contributed by atoms with E-state index in [1.165, 1.54) is 24.3 Å². The van der Waals surface area contributed by atoms with Crippen LogP contribution in [0.2, 0.25) is 0 Å². The van der Waals surface area contributed by atoms with Gasteiger partial charge in [-0.15, -0.1) is 0 Å². The second-order valence-electron chi connectivity index (χ2n) is 10.2. The Balaban J connectivity index is 1.62. The zero-order chi connectivity index (χ0) is 26.8. The zero-order valence-corrected chi connectivity index (χ0v) is 21.1. The second kappa shape index (κ2) is 8.31. The van der Waals surface area contributed by atoms with Crippen LogP contribution in [0.4, 0.5) is 11.4 Å². The molecule has 2 amide bonds. The van der Waals surface area contributed by atoms with Gasteiger partial charge in [0, 0.05) is 12.1 Å². The van der Waals surface area contributed by atoms with Crippen LogP contribution in [0.15, 0.2) is 84.9 Å². The van der Waals surface area contributed by atoms with Crippen molar-refractivity contribution in [2.75, 3.05) is 4.90 Å². The lowest BCUT2D eigenvalue weighted by Gasteiger charge is -2.38. The molecule has 0 aromatic heterocycles. The van der Waals surface area contributed by atoms with E-state index in [0.717, 1.165) is 27.2 Å². The first-order valence-electron chi connectivity index (χ1n) is 12.9. The maximum absolute atomic E-state index is 14.7. The van der Waals surface area contributed by atoms with Crippen molar-refractivity contribution in [1.82, 2.24) is 0 Å². The maximum Gasteiger partial charge on any atom is 0.269 e. The molecule has 6 rings (SSSR count). The van der Waals surface area contributed by atoms with Gasteiger partial charge < -0.3 is 0 Å². The van der Waals surface area contributed by atoms with Crippen molar-refractivity contribution in [2.24, 2.45) is 22.7 Å². The summed E-state index contributed by atoms with van der Waals surface area (Å²) >= 11 is 0. The molecule has 2 aliphatic carbocycles. The second-order valence-corrected chi connectivity index (χ2v) is 10.2. The number of benzene rings is 3. The molecule has 0 N–H and O–H groups in total. The number of ketones is 1. The Morgan fingerprint density at radius 1 is 0.711 bits per heavy atom. The summed E-state index contributed by atoms with van der Waals surface area (Å²) in [4.78, 5) is 54.8. The first kappa shape index (κ1) is 24.0. The summed E-state index contributed by atoms with van der Waals surface area (Å²) in [6.45, 7) is 3.84. The van der Waals surface area contributed by atoms with Crippen LogP contribution in [0.3, 0.4) is 0 Å². The Morgan fingerprint density at radius 3 is 1.50 bits per heavy atom. The number of carbonyl (C=O) groups excluding carboxylic acids is 3. The van der Waals surface area contributed by atoms with E-state index in [-0.39, 0.29) is 17.2 Å². The summed E-state index contributed by atoms with van der Waals surface area (Å²) < 4.78 is 0. The summed E-state index contributed by atoms with van der Waals surface area (Å²) in [5.41, 5.74) is 1.28. The average molecular weight is 507 g/mol. The third-order valence-electron chi connectivity index (χ3n) is 8.88. The van der Waals surface area contributed by atoms with Crippen LogP contribution in [0.1, 0.15) is 37.8 Å². The fraction of sp³-hybridized carbons (Fsp3) is 0.258. The minimum Gasteiger partial charge on any atom is -0.298 e. The van der Waals surface area contributed by atoms with Gasteiger partial charge in [-0.3, -0.25) is 24.5 Å². The molecule has 2 bridgehead atoms. The summed E-state index contributed by atoms with van der Waals surface area (Å²) in [5, 5.41) is 11.2. The fourth-order valence-corrected chi connectivity index (χ4v) is 7.43. The van der Waals surface area contributed by atoms with Crippen LogP contribution in [-0.4, -0.2) is 22.5 Å². The molecule has 0 radical (unpaired) electrons. The SMILES string of the molecule is CC[C@]12C(=O)[C@@](CC)(C(c3ccccc3)=C1c1ccccc1)[C@H]1C(=O)N(c3ccc([N+](=O)[O-])cc3)C(=O)[C@H]12. The van der Waals surface area contributed by atoms with Gasteiger partial charge in [-0.05, 0) is 47.2 Å². The third-order valence-corrected chi connectivity index (χ3v) is 8.88. The highest BCUT2D eigenvalue weighted by molar-refractivity contribution is 6.34. The number of allylic oxidation sites excluding steroid dienone is 2. The van der Waals surface area contributed by atoms with E-state index in [4.69, 9.17) is 0 Å². The number of non-ortho nitro benzene ring substituents is 1. The third kappa shape index (κ3) is 2.76. The number of amides is 2. The summed E-state index contributed by atoms with van der Waals surface area (Å²) in [7, 11) is 0. The lowest BCUT2D eigenvalue weighted by atomic mass is 9.60. The smallest absolute Gasteiger partial charge is 0.269 e. The Morgan fingerprint density at radius 2 is 1.13 bits per heavy atom. The van der Waals surface area contributed by atoms with Crippen molar-refractivity contribution >= 4 is 40.1 Å². The van der Waals surface area contributed by atoms with Gasteiger partial charge in [-0.1, -0.05) is 74.5 Å². The van der Waals surface area contributed by atoms with Gasteiger partial charge in [0.2, 0.25) is 11.8 Å². The number of rotatable bonds is 6. The fourth-order valence-electron chi connectivity index (χ4n) is 7.43. The van der Waals surface area contributed by atoms with Gasteiger partial charge in [0.25, 0.3) is 5.69 Å². The molecule has 190 valence electrons. The van der Waals surface area contributed by atoms with E-state index in [0.29, 0.717) is 12.8 Å². The number of hydrogen-bond donors (Lipinski definition) is 0. The molecule has 38 heavy (non-hydrogen) atoms. The van der Waals surface area contributed by atoms with Crippen LogP contribution in [-0.2, 0) is 14.4 Å². The van der Waals surface area contributed by atoms with Crippen LogP contribution < -0.4 is 4.90 Å². The largest absolute Gasteiger partial charge is 0.298 e. The van der Waals surface area contributed by atoms with Crippen molar-refractivity contribution in [2.45, 2.75) is 26.7 Å². The van der Waals surface area contributed by atoms with Crippen molar-refractivity contribution in [3.05, 3.63) is 106 Å². The molecular formula is C31H26N2O5. The summed E-state index contributed by atoms with van der Waals surface area (Å²) in [5.74, 6) is -2.57. The van der Waals surface area contributed by atoms with E-state index in [1.54, 1.807) is 0 Å². The van der Waals surface area contributed by atoms with E-state index in [2.05, 4.69) is 0 Å². The Labute approximate surface area is 219 Å². The van der Waals surface area contributed by atoms with Gasteiger partial charge in [0.05, 0.1) is 33.3 Å². The maximum atomic E-state index is 14.7. The van der Waals surface area contributed by atoms with E-state index >= 15 is 0 Å². The Kier molecular flexibility index (Phi) is 5.24. The molecule has 1 heterocycles. The molecule has 1 saturated heterocycles. The first-order chi connectivity index (χ1) is 18.3. The van der Waals surface area contributed by atoms with Crippen LogP contribution in [0.25, 0.3) is 11.1 Å². The Bertz CT molecular complexity index is 1440. The van der Waals surface area contributed by atoms with E-state index in [1.807, 2.05) is 74.5 Å². The lowest BCUT2D eigenvalue weighted by molar-refractivity contribution is -0.384. The van der Waals surface area contributed by atoms with Crippen molar-refractivity contribution in [3.63, 3.8) is 0 Å². The monoisotopic (exact) mass is 506 g/mol. The first-order valence-corrected chi connectivity index (χ1v) is 12.9. The molecule has 7 heteroatoms. The molecule has 2 fully saturated rings. The molecule has 4 atom stereocenters. The molecule has 1 saturated carbocycles. The summed E-state index contributed by atoms with van der Waals surface area (Å²) in [6, 6.07) is 24.8. The van der Waals surface area contributed by atoms with Gasteiger partial charge in [-0.25, -0.2) is 4.90 Å². The topological polar surface area (TPSA) is 97.6 Å². The standard InChI is InChI=1S/C31H26N2O5/c1-3-30-23(19-11-7-5-8-12-19)24(20-13-9-6-10-14-20)31(4-2,29(30)36)26-25(30)27(34)32(28(26)35)21-15-17-22(18-16-21)33(37)38/h5-18,25-26H,3-4H2,1-2H3/t25-,26+,30-,31-/m0/s1. The zero-order valence-electron chi connectivity index (χ0n) is 21.1. The average Bonchev–Trinajstić information content (AvgIpc) is 3.45. The molecule has 0 spiro atoms. The van der Waals surface area contributed by atoms with Crippen molar-refractivity contribution < 1.29 is 19.3 Å². The number of hydrogen-bond acceptors (Lipinski definition) is 5. The molecule has 3 aliphatic rings. The molecule has 3 aromatic rings. The Hall–Kier alpha value is -4.39. The van der Waals surface area contributed by atoms with Crippen LogP contribution in [0, 0.1) is 32.8 Å². The van der Waals surface area contributed by atoms with Gasteiger partial charge in [0.15, 0.2) is 5.78 Å². The van der Waals surface area contributed by atoms with Gasteiger partial charge in [0.1, 0.15) is 0 Å². The number of fused-ring (bicyclic) bond motifs is 5. The summed E-state index contributed by atoms with van der Waals surface area (Å²) in [6.07, 6.45) is 0.755. The highest BCUT2D eigenvalue weighted by Gasteiger charge is 2.80. The molecular weight excluding hydrogens is 480 g/mol. The lowest BCUT2D eigenvalue weighted by Crippen LogP contribution is -2.41. The number of carbonyl (C=O) groups is 3. The van der Waals surface area contributed by atoms with Crippen LogP contribution >= 0.6 is 0 Å². The number of nitro groups is 1. The number of anilines is 1.